The Morgan fingerprint density at radius 2 is 2.22 bits per heavy atom. The first-order valence-electron chi connectivity index (χ1n) is 6.57. The summed E-state index contributed by atoms with van der Waals surface area (Å²) >= 11 is 0. The van der Waals surface area contributed by atoms with Crippen LogP contribution in [0.1, 0.15) is 32.0 Å². The summed E-state index contributed by atoms with van der Waals surface area (Å²) in [5, 5.41) is 0. The van der Waals surface area contributed by atoms with Crippen molar-refractivity contribution in [3.8, 4) is 0 Å². The first-order chi connectivity index (χ1) is 8.72. The second kappa shape index (κ2) is 5.96. The minimum absolute atomic E-state index is 0.229. The molecule has 0 aliphatic rings. The number of rotatable bonds is 6. The number of nitrogens with two attached hydrogens (primary N) is 1. The van der Waals surface area contributed by atoms with E-state index in [-0.39, 0.29) is 5.82 Å². The Morgan fingerprint density at radius 3 is 2.94 bits per heavy atom. The van der Waals surface area contributed by atoms with Crippen LogP contribution in [0.15, 0.2) is 18.2 Å². The molecule has 0 amide bonds. The second-order valence-electron chi connectivity index (χ2n) is 4.74. The molecule has 1 aromatic carbocycles. The third-order valence-corrected chi connectivity index (χ3v) is 3.43. The van der Waals surface area contributed by atoms with E-state index in [9.17, 15) is 4.39 Å². The third-order valence-electron chi connectivity index (χ3n) is 3.43. The van der Waals surface area contributed by atoms with Crippen LogP contribution in [0.2, 0.25) is 0 Å². The van der Waals surface area contributed by atoms with Gasteiger partial charge in [0.25, 0.3) is 0 Å². The molecule has 18 heavy (non-hydrogen) atoms. The topological polar surface area (TPSA) is 54.7 Å². The molecule has 3 nitrogen and oxygen atoms in total. The minimum atomic E-state index is -0.229. The number of nitrogens with zero attached hydrogens (tertiary/aromatic N) is 1. The highest BCUT2D eigenvalue weighted by Crippen LogP contribution is 2.18. The van der Waals surface area contributed by atoms with Gasteiger partial charge in [-0.2, -0.15) is 0 Å². The number of fused-ring (bicyclic) bond motifs is 1. The van der Waals surface area contributed by atoms with Gasteiger partial charge in [-0.05, 0) is 43.5 Å². The van der Waals surface area contributed by atoms with Crippen LogP contribution >= 0.6 is 0 Å². The molecule has 0 aliphatic heterocycles. The number of benzene rings is 1. The van der Waals surface area contributed by atoms with E-state index in [0.717, 1.165) is 49.1 Å². The molecule has 0 spiro atoms. The van der Waals surface area contributed by atoms with Crippen LogP contribution in [0.4, 0.5) is 4.39 Å². The highest BCUT2D eigenvalue weighted by Gasteiger charge is 2.08. The smallest absolute Gasteiger partial charge is 0.125 e. The predicted octanol–water partition coefficient (Wildman–Crippen LogP) is 3.01. The van der Waals surface area contributed by atoms with Gasteiger partial charge in [-0.25, -0.2) is 9.37 Å². The van der Waals surface area contributed by atoms with Crippen molar-refractivity contribution in [3.05, 3.63) is 29.8 Å². The van der Waals surface area contributed by atoms with Gasteiger partial charge < -0.3 is 10.7 Å². The molecule has 2 rings (SSSR count). The van der Waals surface area contributed by atoms with Crippen LogP contribution in [0, 0.1) is 11.7 Å². The first kappa shape index (κ1) is 13.0. The molecule has 0 bridgehead atoms. The number of imidazole rings is 1. The van der Waals surface area contributed by atoms with E-state index in [1.165, 1.54) is 12.1 Å². The number of nitrogens with one attached hydrogen (secondary N) is 1. The molecule has 0 fully saturated rings. The number of aromatic amines is 1. The van der Waals surface area contributed by atoms with Crippen molar-refractivity contribution in [1.82, 2.24) is 9.97 Å². The fourth-order valence-corrected chi connectivity index (χ4v) is 2.28. The average Bonchev–Trinajstić information content (AvgIpc) is 2.76. The van der Waals surface area contributed by atoms with E-state index in [0.29, 0.717) is 5.92 Å². The van der Waals surface area contributed by atoms with E-state index in [1.54, 1.807) is 6.07 Å². The van der Waals surface area contributed by atoms with E-state index >= 15 is 0 Å². The number of aromatic nitrogens is 2. The molecule has 1 heterocycles. The van der Waals surface area contributed by atoms with E-state index in [1.807, 2.05) is 0 Å². The lowest BCUT2D eigenvalue weighted by Gasteiger charge is -2.11. The van der Waals surface area contributed by atoms with Gasteiger partial charge in [0.05, 0.1) is 11.0 Å². The van der Waals surface area contributed by atoms with Crippen LogP contribution in [0.5, 0.6) is 0 Å². The molecule has 98 valence electrons. The van der Waals surface area contributed by atoms with Gasteiger partial charge in [0.1, 0.15) is 11.6 Å². The maximum atomic E-state index is 13.1. The molecule has 0 aliphatic carbocycles. The van der Waals surface area contributed by atoms with Gasteiger partial charge >= 0.3 is 0 Å². The average molecular weight is 249 g/mol. The zero-order valence-corrected chi connectivity index (χ0v) is 10.7. The highest BCUT2D eigenvalue weighted by molar-refractivity contribution is 5.74. The summed E-state index contributed by atoms with van der Waals surface area (Å²) in [6.07, 6.45) is 4.18. The van der Waals surface area contributed by atoms with E-state index in [4.69, 9.17) is 5.73 Å². The third kappa shape index (κ3) is 3.07. The summed E-state index contributed by atoms with van der Waals surface area (Å²) < 4.78 is 13.1. The zero-order chi connectivity index (χ0) is 13.0. The van der Waals surface area contributed by atoms with Gasteiger partial charge in [0.15, 0.2) is 0 Å². The van der Waals surface area contributed by atoms with Gasteiger partial charge in [0, 0.05) is 6.42 Å². The Hall–Kier alpha value is -1.42. The molecular formula is C14H20FN3. The number of hydrogen-bond acceptors (Lipinski definition) is 2. The van der Waals surface area contributed by atoms with E-state index in [2.05, 4.69) is 16.9 Å². The van der Waals surface area contributed by atoms with E-state index < -0.39 is 0 Å². The van der Waals surface area contributed by atoms with Crippen molar-refractivity contribution >= 4 is 11.0 Å². The monoisotopic (exact) mass is 249 g/mol. The van der Waals surface area contributed by atoms with Crippen molar-refractivity contribution in [2.45, 2.75) is 32.6 Å². The van der Waals surface area contributed by atoms with Gasteiger partial charge in [-0.3, -0.25) is 0 Å². The molecule has 3 N–H and O–H groups in total. The Kier molecular flexibility index (Phi) is 4.31. The summed E-state index contributed by atoms with van der Waals surface area (Å²) in [5.74, 6) is 1.36. The Balaban J connectivity index is 2.03. The first-order valence-corrected chi connectivity index (χ1v) is 6.57. The number of halogens is 1. The zero-order valence-electron chi connectivity index (χ0n) is 10.7. The SMILES string of the molecule is CCC(CCN)CCc1nc2ccc(F)cc2[nH]1. The van der Waals surface area contributed by atoms with Crippen molar-refractivity contribution in [3.63, 3.8) is 0 Å². The molecule has 4 heteroatoms. The Bertz CT molecular complexity index is 507. The molecule has 1 atom stereocenters. The maximum Gasteiger partial charge on any atom is 0.125 e. The van der Waals surface area contributed by atoms with Crippen molar-refractivity contribution in [2.75, 3.05) is 6.54 Å². The Morgan fingerprint density at radius 1 is 1.39 bits per heavy atom. The largest absolute Gasteiger partial charge is 0.342 e. The maximum absolute atomic E-state index is 13.1. The van der Waals surface area contributed by atoms with Gasteiger partial charge in [-0.1, -0.05) is 13.3 Å². The molecule has 0 saturated carbocycles. The van der Waals surface area contributed by atoms with Crippen LogP contribution in [0.25, 0.3) is 11.0 Å². The van der Waals surface area contributed by atoms with Crippen LogP contribution in [-0.4, -0.2) is 16.5 Å². The molecule has 0 saturated heterocycles. The number of aryl methyl sites for hydroxylation is 1. The summed E-state index contributed by atoms with van der Waals surface area (Å²) in [6, 6.07) is 4.64. The molecule has 1 aromatic heterocycles. The van der Waals surface area contributed by atoms with Crippen LogP contribution < -0.4 is 5.73 Å². The second-order valence-corrected chi connectivity index (χ2v) is 4.74. The van der Waals surface area contributed by atoms with Crippen LogP contribution in [0.3, 0.4) is 0 Å². The molecular weight excluding hydrogens is 229 g/mol. The number of H-pyrrole nitrogens is 1. The fourth-order valence-electron chi connectivity index (χ4n) is 2.28. The minimum Gasteiger partial charge on any atom is -0.342 e. The van der Waals surface area contributed by atoms with Crippen molar-refractivity contribution < 1.29 is 4.39 Å². The lowest BCUT2D eigenvalue weighted by atomic mass is 9.96. The standard InChI is InChI=1S/C14H20FN3/c1-2-10(7-8-16)3-6-14-17-12-5-4-11(15)9-13(12)18-14/h4-5,9-10H,2-3,6-8,16H2,1H3,(H,17,18). The predicted molar refractivity (Wildman–Crippen MR) is 71.8 cm³/mol. The number of hydrogen-bond donors (Lipinski definition) is 2. The lowest BCUT2D eigenvalue weighted by Crippen LogP contribution is -2.09. The lowest BCUT2D eigenvalue weighted by molar-refractivity contribution is 0.440. The normalized spacial score (nSPS) is 13.1. The fraction of sp³-hybridized carbons (Fsp3) is 0.500. The van der Waals surface area contributed by atoms with Crippen molar-refractivity contribution in [2.24, 2.45) is 11.7 Å². The highest BCUT2D eigenvalue weighted by atomic mass is 19.1. The van der Waals surface area contributed by atoms with Gasteiger partial charge in [0.2, 0.25) is 0 Å². The summed E-state index contributed by atoms with van der Waals surface area (Å²) in [6.45, 7) is 2.93. The summed E-state index contributed by atoms with van der Waals surface area (Å²) in [4.78, 5) is 7.64. The Labute approximate surface area is 107 Å². The van der Waals surface area contributed by atoms with Crippen molar-refractivity contribution in [1.29, 1.82) is 0 Å². The van der Waals surface area contributed by atoms with Crippen LogP contribution in [-0.2, 0) is 6.42 Å². The molecule has 1 unspecified atom stereocenters. The molecule has 2 aromatic rings. The summed E-state index contributed by atoms with van der Waals surface area (Å²) in [7, 11) is 0. The van der Waals surface area contributed by atoms with Gasteiger partial charge in [-0.15, -0.1) is 0 Å². The summed E-state index contributed by atoms with van der Waals surface area (Å²) in [5.41, 5.74) is 7.19. The quantitative estimate of drug-likeness (QED) is 0.826. The molecule has 0 radical (unpaired) electrons.